The Morgan fingerprint density at radius 2 is 1.63 bits per heavy atom. The van der Waals surface area contributed by atoms with Crippen molar-refractivity contribution in [3.8, 4) is 11.5 Å². The highest BCUT2D eigenvalue weighted by Crippen LogP contribution is 2.35. The fourth-order valence-electron chi connectivity index (χ4n) is 1.28. The molecule has 0 N–H and O–H groups in total. The molecule has 0 nitrogen and oxygen atoms in total. The molecular weight excluding hydrogens is 326 g/mol. The van der Waals surface area contributed by atoms with Crippen molar-refractivity contribution in [2.75, 3.05) is 0 Å². The first-order valence-electron chi connectivity index (χ1n) is 6.18. The van der Waals surface area contributed by atoms with Crippen molar-refractivity contribution >= 4 is 24.0 Å². The lowest BCUT2D eigenvalue weighted by molar-refractivity contribution is 0.562. The highest BCUT2D eigenvalue weighted by molar-refractivity contribution is 9.10. The van der Waals surface area contributed by atoms with Crippen LogP contribution in [0.15, 0.2) is 16.6 Å². The monoisotopic (exact) mass is 344 g/mol. The van der Waals surface area contributed by atoms with Gasteiger partial charge in [0.05, 0.1) is 0 Å². The van der Waals surface area contributed by atoms with Crippen molar-refractivity contribution < 1.29 is 8.78 Å². The number of hydrogen-bond acceptors (Lipinski definition) is 0. The van der Waals surface area contributed by atoms with E-state index in [1.54, 1.807) is 0 Å². The lowest BCUT2D eigenvalue weighted by atomic mass is 10.1. The van der Waals surface area contributed by atoms with E-state index in [-0.39, 0.29) is 17.0 Å². The van der Waals surface area contributed by atoms with Gasteiger partial charge >= 0.3 is 0 Å². The Balaban J connectivity index is 2.97. The first kappa shape index (κ1) is 16.4. The van der Waals surface area contributed by atoms with E-state index in [9.17, 15) is 8.78 Å². The first-order chi connectivity index (χ1) is 8.54. The van der Waals surface area contributed by atoms with Gasteiger partial charge in [0.15, 0.2) is 0 Å². The SMILES string of the molecule is CC(C)(C)[Si](C)(C)C#CCc1c(F)cc(Br)cc1F. The predicted octanol–water partition coefficient (Wildman–Crippen LogP) is 5.32. The second-order valence-corrected chi connectivity index (χ2v) is 12.1. The van der Waals surface area contributed by atoms with E-state index in [1.165, 1.54) is 12.1 Å². The van der Waals surface area contributed by atoms with Crippen molar-refractivity contribution in [1.29, 1.82) is 0 Å². The summed E-state index contributed by atoms with van der Waals surface area (Å²) >= 11 is 3.06. The van der Waals surface area contributed by atoms with Gasteiger partial charge in [-0.1, -0.05) is 49.8 Å². The molecule has 0 aliphatic carbocycles. The smallest absolute Gasteiger partial charge is 0.137 e. The van der Waals surface area contributed by atoms with Crippen molar-refractivity contribution in [3.63, 3.8) is 0 Å². The molecule has 4 heteroatoms. The summed E-state index contributed by atoms with van der Waals surface area (Å²) in [6.07, 6.45) is 0.122. The third kappa shape index (κ3) is 4.15. The highest BCUT2D eigenvalue weighted by Gasteiger charge is 2.33. The van der Waals surface area contributed by atoms with Gasteiger partial charge in [-0.2, -0.15) is 0 Å². The molecule has 0 saturated carbocycles. The molecule has 1 aromatic carbocycles. The molecule has 19 heavy (non-hydrogen) atoms. The Bertz CT molecular complexity index is 510. The summed E-state index contributed by atoms with van der Waals surface area (Å²) in [5, 5.41) is 0.150. The molecular formula is C15H19BrF2Si. The molecule has 0 saturated heterocycles. The van der Waals surface area contributed by atoms with E-state index in [0.717, 1.165) is 0 Å². The summed E-state index contributed by atoms with van der Waals surface area (Å²) in [5.41, 5.74) is 3.31. The van der Waals surface area contributed by atoms with E-state index in [2.05, 4.69) is 61.3 Å². The molecule has 0 fully saturated rings. The number of halogens is 3. The lowest BCUT2D eigenvalue weighted by Crippen LogP contribution is -2.35. The van der Waals surface area contributed by atoms with E-state index in [1.807, 2.05) is 0 Å². The number of hydrogen-bond donors (Lipinski definition) is 0. The van der Waals surface area contributed by atoms with Gasteiger partial charge in [0.1, 0.15) is 19.7 Å². The lowest BCUT2D eigenvalue weighted by Gasteiger charge is -2.31. The van der Waals surface area contributed by atoms with Crippen molar-refractivity contribution in [2.45, 2.75) is 45.3 Å². The highest BCUT2D eigenvalue weighted by atomic mass is 79.9. The zero-order valence-electron chi connectivity index (χ0n) is 12.0. The molecule has 0 spiro atoms. The Morgan fingerprint density at radius 1 is 1.16 bits per heavy atom. The second-order valence-electron chi connectivity index (χ2n) is 6.20. The Hall–Kier alpha value is -0.663. The molecule has 104 valence electrons. The number of rotatable bonds is 1. The van der Waals surface area contributed by atoms with Crippen LogP contribution in [0.4, 0.5) is 8.78 Å². The molecule has 0 atom stereocenters. The quantitative estimate of drug-likeness (QED) is 0.477. The van der Waals surface area contributed by atoms with Crippen molar-refractivity contribution in [2.24, 2.45) is 0 Å². The van der Waals surface area contributed by atoms with Crippen LogP contribution in [0, 0.1) is 23.1 Å². The van der Waals surface area contributed by atoms with Crippen LogP contribution in [0.2, 0.25) is 18.1 Å². The fourth-order valence-corrected chi connectivity index (χ4v) is 2.59. The van der Waals surface area contributed by atoms with Crippen LogP contribution in [0.5, 0.6) is 0 Å². The van der Waals surface area contributed by atoms with Gasteiger partial charge in [-0.3, -0.25) is 0 Å². The molecule has 0 heterocycles. The van der Waals surface area contributed by atoms with Crippen LogP contribution in [0.1, 0.15) is 26.3 Å². The third-order valence-electron chi connectivity index (χ3n) is 3.65. The van der Waals surface area contributed by atoms with E-state index >= 15 is 0 Å². The van der Waals surface area contributed by atoms with Gasteiger partial charge < -0.3 is 0 Å². The van der Waals surface area contributed by atoms with Crippen molar-refractivity contribution in [1.82, 2.24) is 0 Å². The average molecular weight is 345 g/mol. The van der Waals surface area contributed by atoms with Crippen LogP contribution in [-0.2, 0) is 6.42 Å². The topological polar surface area (TPSA) is 0 Å². The zero-order valence-corrected chi connectivity index (χ0v) is 14.6. The van der Waals surface area contributed by atoms with Crippen molar-refractivity contribution in [3.05, 3.63) is 33.8 Å². The van der Waals surface area contributed by atoms with Gasteiger partial charge in [-0.25, -0.2) is 8.78 Å². The summed E-state index contributed by atoms with van der Waals surface area (Å²) < 4.78 is 27.7. The van der Waals surface area contributed by atoms with E-state index < -0.39 is 19.7 Å². The normalized spacial score (nSPS) is 12.0. The van der Waals surface area contributed by atoms with Crippen LogP contribution in [0.25, 0.3) is 0 Å². The molecule has 0 aromatic heterocycles. The van der Waals surface area contributed by atoms with Gasteiger partial charge in [0.2, 0.25) is 0 Å². The van der Waals surface area contributed by atoms with Crippen LogP contribution < -0.4 is 0 Å². The van der Waals surface area contributed by atoms with Crippen LogP contribution >= 0.6 is 15.9 Å². The predicted molar refractivity (Wildman–Crippen MR) is 82.7 cm³/mol. The molecule has 0 bridgehead atoms. The average Bonchev–Trinajstić information content (AvgIpc) is 2.20. The molecule has 0 aliphatic heterocycles. The van der Waals surface area contributed by atoms with Gasteiger partial charge in [-0.05, 0) is 17.2 Å². The maximum absolute atomic E-state index is 13.6. The largest absolute Gasteiger partial charge is 0.207 e. The Morgan fingerprint density at radius 3 is 2.05 bits per heavy atom. The summed E-state index contributed by atoms with van der Waals surface area (Å²) in [4.78, 5) is 0. The molecule has 0 amide bonds. The molecule has 0 unspecified atom stereocenters. The van der Waals surface area contributed by atoms with Gasteiger partial charge in [-0.15, -0.1) is 11.5 Å². The summed E-state index contributed by atoms with van der Waals surface area (Å²) in [6.45, 7) is 10.8. The molecule has 0 radical (unpaired) electrons. The van der Waals surface area contributed by atoms with Crippen LogP contribution in [0.3, 0.4) is 0 Å². The third-order valence-corrected chi connectivity index (χ3v) is 8.66. The zero-order chi connectivity index (χ0) is 14.8. The Labute approximate surface area is 123 Å². The summed E-state index contributed by atoms with van der Waals surface area (Å²) in [6, 6.07) is 2.54. The standard InChI is InChI=1S/C15H19BrF2Si/c1-15(2,3)19(4,5)8-6-7-12-13(17)9-11(16)10-14(12)18/h9-10H,7H2,1-5H3. The van der Waals surface area contributed by atoms with Crippen LogP contribution in [-0.4, -0.2) is 8.07 Å². The minimum atomic E-state index is -1.72. The first-order valence-corrected chi connectivity index (χ1v) is 9.97. The molecule has 1 aromatic rings. The van der Waals surface area contributed by atoms with E-state index in [4.69, 9.17) is 0 Å². The fraction of sp³-hybridized carbons (Fsp3) is 0.467. The minimum absolute atomic E-state index is 0.0504. The summed E-state index contributed by atoms with van der Waals surface area (Å²) in [5.74, 6) is 1.88. The minimum Gasteiger partial charge on any atom is -0.207 e. The second kappa shape index (κ2) is 5.76. The molecule has 1 rings (SSSR count). The van der Waals surface area contributed by atoms with Gasteiger partial charge in [0, 0.05) is 16.5 Å². The summed E-state index contributed by atoms with van der Waals surface area (Å²) in [7, 11) is -1.72. The Kier molecular flexibility index (Phi) is 4.97. The molecule has 0 aliphatic rings. The van der Waals surface area contributed by atoms with E-state index in [0.29, 0.717) is 4.47 Å². The maximum atomic E-state index is 13.6. The van der Waals surface area contributed by atoms with Gasteiger partial charge in [0.25, 0.3) is 0 Å². The maximum Gasteiger partial charge on any atom is 0.137 e. The number of benzene rings is 1.